The lowest BCUT2D eigenvalue weighted by Crippen LogP contribution is -2.49. The van der Waals surface area contributed by atoms with Crippen LogP contribution in [0.1, 0.15) is 36.0 Å². The van der Waals surface area contributed by atoms with Gasteiger partial charge < -0.3 is 5.73 Å². The Balaban J connectivity index is 1.87. The number of guanidine groups is 1. The number of aryl methyl sites for hydroxylation is 2. The largest absolute Gasteiger partial charge is 0.369 e. The van der Waals surface area contributed by atoms with E-state index >= 15 is 0 Å². The van der Waals surface area contributed by atoms with Crippen molar-refractivity contribution in [2.24, 2.45) is 10.7 Å². The number of aliphatic imine (C=N–C) groups is 1. The summed E-state index contributed by atoms with van der Waals surface area (Å²) in [7, 11) is 1.68. The zero-order chi connectivity index (χ0) is 18.5. The van der Waals surface area contributed by atoms with Crippen LogP contribution in [0, 0.1) is 6.92 Å². The van der Waals surface area contributed by atoms with Crippen LogP contribution in [0.5, 0.6) is 0 Å². The second-order valence-corrected chi connectivity index (χ2v) is 7.81. The minimum Gasteiger partial charge on any atom is -0.369 e. The Morgan fingerprint density at radius 1 is 1.19 bits per heavy atom. The predicted octanol–water partition coefficient (Wildman–Crippen LogP) is 4.02. The molecular formula is C21H22ClN3O. The van der Waals surface area contributed by atoms with Crippen molar-refractivity contribution in [3.05, 3.63) is 58.1 Å². The summed E-state index contributed by atoms with van der Waals surface area (Å²) >= 11 is 6.25. The zero-order valence-electron chi connectivity index (χ0n) is 15.1. The van der Waals surface area contributed by atoms with Gasteiger partial charge in [0.2, 0.25) is 5.91 Å². The van der Waals surface area contributed by atoms with Crippen LogP contribution < -0.4 is 5.73 Å². The summed E-state index contributed by atoms with van der Waals surface area (Å²) in [6.45, 7) is 2.04. The molecule has 2 aromatic carbocycles. The first-order valence-corrected chi connectivity index (χ1v) is 9.29. The molecule has 0 saturated heterocycles. The molecule has 2 N–H and O–H groups in total. The second-order valence-electron chi connectivity index (χ2n) is 7.37. The van der Waals surface area contributed by atoms with Crippen LogP contribution in [0.2, 0.25) is 5.02 Å². The number of fused-ring (bicyclic) bond motifs is 2. The van der Waals surface area contributed by atoms with Crippen LogP contribution in [0.25, 0.3) is 11.1 Å². The second kappa shape index (κ2) is 6.13. The standard InChI is InChI=1S/C21H22ClN3O/c1-13-8-16(10-17(22)9-13)15-6-5-14-4-3-7-21(18(14)11-15)12-19(26)25(2)20(23)24-21/h5-6,8-11H,3-4,7,12H2,1-2H3,(H2,23,24)/t21-/m0/s1. The molecule has 4 nitrogen and oxygen atoms in total. The molecule has 26 heavy (non-hydrogen) atoms. The Morgan fingerprint density at radius 3 is 2.73 bits per heavy atom. The molecule has 0 aromatic heterocycles. The Bertz CT molecular complexity index is 917. The van der Waals surface area contributed by atoms with E-state index in [-0.39, 0.29) is 5.91 Å². The fourth-order valence-electron chi connectivity index (χ4n) is 4.15. The molecule has 0 radical (unpaired) electrons. The van der Waals surface area contributed by atoms with Gasteiger partial charge in [-0.3, -0.25) is 9.69 Å². The van der Waals surface area contributed by atoms with Gasteiger partial charge in [0.1, 0.15) is 0 Å². The van der Waals surface area contributed by atoms with Crippen molar-refractivity contribution in [1.29, 1.82) is 0 Å². The molecule has 2 aliphatic rings. The first-order chi connectivity index (χ1) is 12.4. The third kappa shape index (κ3) is 2.78. The molecule has 2 aromatic rings. The van der Waals surface area contributed by atoms with Crippen LogP contribution in [-0.2, 0) is 16.8 Å². The number of hydrogen-bond donors (Lipinski definition) is 1. The molecular weight excluding hydrogens is 346 g/mol. The van der Waals surface area contributed by atoms with Crippen molar-refractivity contribution < 1.29 is 4.79 Å². The minimum atomic E-state index is -0.537. The van der Waals surface area contributed by atoms with E-state index in [2.05, 4.69) is 24.3 Å². The third-order valence-electron chi connectivity index (χ3n) is 5.51. The Kier molecular flexibility index (Phi) is 4.03. The van der Waals surface area contributed by atoms with Gasteiger partial charge in [0.05, 0.1) is 12.0 Å². The SMILES string of the molecule is Cc1cc(Cl)cc(-c2ccc3c(c2)[C@]2(CCC3)CC(=O)N(C)C(N)=N2)c1. The molecule has 5 heteroatoms. The van der Waals surface area contributed by atoms with Crippen molar-refractivity contribution in [3.8, 4) is 11.1 Å². The van der Waals surface area contributed by atoms with Gasteiger partial charge in [-0.05, 0) is 72.2 Å². The van der Waals surface area contributed by atoms with Crippen molar-refractivity contribution in [3.63, 3.8) is 0 Å². The summed E-state index contributed by atoms with van der Waals surface area (Å²) < 4.78 is 0. The Hall–Kier alpha value is -2.33. The molecule has 4 rings (SSSR count). The summed E-state index contributed by atoms with van der Waals surface area (Å²) in [4.78, 5) is 18.7. The van der Waals surface area contributed by atoms with Gasteiger partial charge in [-0.15, -0.1) is 0 Å². The molecule has 1 heterocycles. The first-order valence-electron chi connectivity index (χ1n) is 8.91. The molecule has 1 amide bonds. The summed E-state index contributed by atoms with van der Waals surface area (Å²) in [5, 5.41) is 0.726. The van der Waals surface area contributed by atoms with Crippen molar-refractivity contribution >= 4 is 23.5 Å². The number of nitrogens with zero attached hydrogens (tertiary/aromatic N) is 2. The number of rotatable bonds is 1. The number of nitrogens with two attached hydrogens (primary N) is 1. The van der Waals surface area contributed by atoms with E-state index in [0.29, 0.717) is 12.4 Å². The lowest BCUT2D eigenvalue weighted by Gasteiger charge is -2.40. The van der Waals surface area contributed by atoms with E-state index in [1.165, 1.54) is 10.5 Å². The van der Waals surface area contributed by atoms with E-state index in [4.69, 9.17) is 22.3 Å². The van der Waals surface area contributed by atoms with E-state index < -0.39 is 5.54 Å². The monoisotopic (exact) mass is 367 g/mol. The highest BCUT2D eigenvalue weighted by atomic mass is 35.5. The van der Waals surface area contributed by atoms with Crippen LogP contribution in [0.4, 0.5) is 0 Å². The van der Waals surface area contributed by atoms with Crippen molar-refractivity contribution in [2.75, 3.05) is 7.05 Å². The molecule has 1 aliphatic heterocycles. The van der Waals surface area contributed by atoms with Crippen LogP contribution >= 0.6 is 11.6 Å². The van der Waals surface area contributed by atoms with E-state index in [9.17, 15) is 4.79 Å². The van der Waals surface area contributed by atoms with Crippen LogP contribution in [-0.4, -0.2) is 23.8 Å². The molecule has 134 valence electrons. The minimum absolute atomic E-state index is 0.0225. The average Bonchev–Trinajstić information content (AvgIpc) is 2.59. The highest BCUT2D eigenvalue weighted by Crippen LogP contribution is 2.44. The summed E-state index contributed by atoms with van der Waals surface area (Å²) in [5.41, 5.74) is 11.2. The normalized spacial score (nSPS) is 22.3. The molecule has 0 unspecified atom stereocenters. The third-order valence-corrected chi connectivity index (χ3v) is 5.73. The summed E-state index contributed by atoms with van der Waals surface area (Å²) in [6, 6.07) is 12.5. The number of amides is 1. The Morgan fingerprint density at radius 2 is 2.00 bits per heavy atom. The fraction of sp³-hybridized carbons (Fsp3) is 0.333. The Labute approximate surface area is 158 Å². The quantitative estimate of drug-likeness (QED) is 0.827. The molecule has 0 bridgehead atoms. The molecule has 1 atom stereocenters. The van der Waals surface area contributed by atoms with E-state index in [1.807, 2.05) is 19.1 Å². The first kappa shape index (κ1) is 17.1. The van der Waals surface area contributed by atoms with E-state index in [0.717, 1.165) is 46.5 Å². The van der Waals surface area contributed by atoms with Gasteiger partial charge in [0, 0.05) is 12.1 Å². The van der Waals surface area contributed by atoms with Gasteiger partial charge >= 0.3 is 0 Å². The average molecular weight is 368 g/mol. The fourth-order valence-corrected chi connectivity index (χ4v) is 4.44. The van der Waals surface area contributed by atoms with Gasteiger partial charge in [-0.25, -0.2) is 4.99 Å². The number of carbonyl (C=O) groups excluding carboxylic acids is 1. The lowest BCUT2D eigenvalue weighted by atomic mass is 9.73. The van der Waals surface area contributed by atoms with Crippen LogP contribution in [0.15, 0.2) is 41.4 Å². The van der Waals surface area contributed by atoms with Gasteiger partial charge in [0.25, 0.3) is 0 Å². The zero-order valence-corrected chi connectivity index (χ0v) is 15.8. The van der Waals surface area contributed by atoms with Crippen LogP contribution in [0.3, 0.4) is 0 Å². The highest BCUT2D eigenvalue weighted by Gasteiger charge is 2.42. The number of benzene rings is 2. The number of carbonyl (C=O) groups is 1. The lowest BCUT2D eigenvalue weighted by molar-refractivity contribution is -0.128. The summed E-state index contributed by atoms with van der Waals surface area (Å²) in [5.74, 6) is 0.326. The predicted molar refractivity (Wildman–Crippen MR) is 105 cm³/mol. The van der Waals surface area contributed by atoms with E-state index in [1.54, 1.807) is 7.05 Å². The topological polar surface area (TPSA) is 58.7 Å². The smallest absolute Gasteiger partial charge is 0.231 e. The van der Waals surface area contributed by atoms with Crippen molar-refractivity contribution in [1.82, 2.24) is 4.90 Å². The maximum Gasteiger partial charge on any atom is 0.231 e. The van der Waals surface area contributed by atoms with Crippen molar-refractivity contribution in [2.45, 2.75) is 38.1 Å². The molecule has 1 aliphatic carbocycles. The number of halogens is 1. The highest BCUT2D eigenvalue weighted by molar-refractivity contribution is 6.31. The molecule has 0 saturated carbocycles. The van der Waals surface area contributed by atoms with Gasteiger partial charge in [-0.2, -0.15) is 0 Å². The van der Waals surface area contributed by atoms with Gasteiger partial charge in [0.15, 0.2) is 5.96 Å². The molecule has 0 fully saturated rings. The van der Waals surface area contributed by atoms with Gasteiger partial charge in [-0.1, -0.05) is 29.8 Å². The maximum atomic E-state index is 12.5. The molecule has 1 spiro atoms. The summed E-state index contributed by atoms with van der Waals surface area (Å²) in [6.07, 6.45) is 3.23. The number of hydrogen-bond acceptors (Lipinski definition) is 3. The maximum absolute atomic E-state index is 12.5.